The van der Waals surface area contributed by atoms with E-state index in [1.54, 1.807) is 7.11 Å². The molecule has 1 N–H and O–H groups in total. The number of sulfone groups is 1. The highest BCUT2D eigenvalue weighted by Crippen LogP contribution is 2.26. The summed E-state index contributed by atoms with van der Waals surface area (Å²) in [5.74, 6) is 1.47. The first kappa shape index (κ1) is 16.7. The van der Waals surface area contributed by atoms with Crippen LogP contribution in [0.1, 0.15) is 30.9 Å². The average molecular weight is 338 g/mol. The maximum atomic E-state index is 11.6. The van der Waals surface area contributed by atoms with Crippen LogP contribution in [0.5, 0.6) is 5.75 Å². The van der Waals surface area contributed by atoms with Gasteiger partial charge in [0.2, 0.25) is 0 Å². The minimum atomic E-state index is -2.83. The molecule has 2 saturated heterocycles. The summed E-state index contributed by atoms with van der Waals surface area (Å²) in [6, 6.07) is 8.63. The molecule has 2 aliphatic heterocycles. The molecule has 1 aromatic rings. The number of likely N-dealkylation sites (tertiary alicyclic amines) is 1. The van der Waals surface area contributed by atoms with Gasteiger partial charge in [0.25, 0.3) is 0 Å². The van der Waals surface area contributed by atoms with E-state index in [0.29, 0.717) is 11.8 Å². The Morgan fingerprint density at radius 1 is 1.26 bits per heavy atom. The van der Waals surface area contributed by atoms with Crippen LogP contribution in [-0.4, -0.2) is 57.6 Å². The van der Waals surface area contributed by atoms with E-state index in [4.69, 9.17) is 4.74 Å². The van der Waals surface area contributed by atoms with Crippen LogP contribution < -0.4 is 10.1 Å². The van der Waals surface area contributed by atoms with E-state index in [0.717, 1.165) is 31.8 Å². The van der Waals surface area contributed by atoms with Gasteiger partial charge in [0.1, 0.15) is 5.75 Å². The minimum absolute atomic E-state index is 0.100. The molecule has 0 unspecified atom stereocenters. The third kappa shape index (κ3) is 4.25. The molecule has 2 heterocycles. The third-order valence-electron chi connectivity index (χ3n) is 4.91. The summed E-state index contributed by atoms with van der Waals surface area (Å²) in [7, 11) is -1.15. The molecule has 0 bridgehead atoms. The van der Waals surface area contributed by atoms with Gasteiger partial charge in [-0.15, -0.1) is 0 Å². The zero-order valence-electron chi connectivity index (χ0n) is 13.7. The smallest absolute Gasteiger partial charge is 0.151 e. The molecule has 23 heavy (non-hydrogen) atoms. The van der Waals surface area contributed by atoms with Crippen LogP contribution in [0.3, 0.4) is 0 Å². The van der Waals surface area contributed by atoms with Crippen molar-refractivity contribution in [3.8, 4) is 5.75 Å². The Bertz CT molecular complexity index is 609. The zero-order valence-corrected chi connectivity index (χ0v) is 14.5. The van der Waals surface area contributed by atoms with E-state index in [2.05, 4.69) is 22.3 Å². The number of nitrogens with one attached hydrogen (secondary N) is 1. The average Bonchev–Trinajstić information content (AvgIpc) is 3.18. The molecule has 2 atom stereocenters. The maximum Gasteiger partial charge on any atom is 0.151 e. The van der Waals surface area contributed by atoms with Gasteiger partial charge >= 0.3 is 0 Å². The molecule has 2 fully saturated rings. The molecule has 128 valence electrons. The summed E-state index contributed by atoms with van der Waals surface area (Å²) in [6.07, 6.45) is 3.21. The molecule has 2 aliphatic rings. The lowest BCUT2D eigenvalue weighted by Gasteiger charge is -2.29. The van der Waals surface area contributed by atoms with Crippen molar-refractivity contribution in [1.82, 2.24) is 10.2 Å². The fraction of sp³-hybridized carbons (Fsp3) is 0.647. The SMILES string of the molecule is COc1ccc([C@@H](CN[C@@H]2CCS(=O)(=O)C2)N2CCCC2)cc1. The third-order valence-corrected chi connectivity index (χ3v) is 6.68. The van der Waals surface area contributed by atoms with Crippen molar-refractivity contribution in [2.24, 2.45) is 0 Å². The number of hydrogen-bond acceptors (Lipinski definition) is 5. The Morgan fingerprint density at radius 2 is 1.96 bits per heavy atom. The predicted octanol–water partition coefficient (Wildman–Crippen LogP) is 1.61. The highest BCUT2D eigenvalue weighted by molar-refractivity contribution is 7.91. The van der Waals surface area contributed by atoms with Crippen molar-refractivity contribution in [3.63, 3.8) is 0 Å². The van der Waals surface area contributed by atoms with Gasteiger partial charge in [0.15, 0.2) is 9.84 Å². The van der Waals surface area contributed by atoms with Crippen molar-refractivity contribution in [3.05, 3.63) is 29.8 Å². The lowest BCUT2D eigenvalue weighted by molar-refractivity contribution is 0.234. The number of ether oxygens (including phenoxy) is 1. The molecule has 0 aliphatic carbocycles. The minimum Gasteiger partial charge on any atom is -0.497 e. The fourth-order valence-electron chi connectivity index (χ4n) is 3.57. The van der Waals surface area contributed by atoms with Crippen molar-refractivity contribution in [2.45, 2.75) is 31.3 Å². The van der Waals surface area contributed by atoms with E-state index >= 15 is 0 Å². The van der Waals surface area contributed by atoms with Crippen molar-refractivity contribution < 1.29 is 13.2 Å². The molecule has 0 spiro atoms. The van der Waals surface area contributed by atoms with Crippen molar-refractivity contribution >= 4 is 9.84 Å². The van der Waals surface area contributed by atoms with Crippen LogP contribution in [0.2, 0.25) is 0 Å². The second-order valence-corrected chi connectivity index (χ2v) is 8.77. The predicted molar refractivity (Wildman–Crippen MR) is 91.6 cm³/mol. The summed E-state index contributed by atoms with van der Waals surface area (Å²) in [4.78, 5) is 2.50. The molecular weight excluding hydrogens is 312 g/mol. The Labute approximate surface area is 138 Å². The largest absolute Gasteiger partial charge is 0.497 e. The van der Waals surface area contributed by atoms with E-state index in [9.17, 15) is 8.42 Å². The van der Waals surface area contributed by atoms with Crippen LogP contribution in [0, 0.1) is 0 Å². The molecular formula is C17H26N2O3S. The first-order chi connectivity index (χ1) is 11.1. The van der Waals surface area contributed by atoms with E-state index < -0.39 is 9.84 Å². The second-order valence-electron chi connectivity index (χ2n) is 6.54. The Kier molecular flexibility index (Phi) is 5.24. The Hall–Kier alpha value is -1.11. The van der Waals surface area contributed by atoms with Crippen LogP contribution >= 0.6 is 0 Å². The summed E-state index contributed by atoms with van der Waals surface area (Å²) in [6.45, 7) is 3.02. The van der Waals surface area contributed by atoms with Crippen molar-refractivity contribution in [1.29, 1.82) is 0 Å². The second kappa shape index (κ2) is 7.20. The highest BCUT2D eigenvalue weighted by atomic mass is 32.2. The van der Waals surface area contributed by atoms with E-state index in [-0.39, 0.29) is 11.8 Å². The van der Waals surface area contributed by atoms with Crippen LogP contribution in [-0.2, 0) is 9.84 Å². The van der Waals surface area contributed by atoms with E-state index in [1.165, 1.54) is 18.4 Å². The first-order valence-electron chi connectivity index (χ1n) is 8.39. The molecule has 0 saturated carbocycles. The quantitative estimate of drug-likeness (QED) is 0.854. The standard InChI is InChI=1S/C17H26N2O3S/c1-22-16-6-4-14(5-7-16)17(19-9-2-3-10-19)12-18-15-8-11-23(20,21)13-15/h4-7,15,17-18H,2-3,8-13H2,1H3/t15-,17-/m1/s1. The lowest BCUT2D eigenvalue weighted by Crippen LogP contribution is -2.39. The molecule has 0 aromatic heterocycles. The zero-order chi connectivity index (χ0) is 16.3. The van der Waals surface area contributed by atoms with Gasteiger partial charge in [-0.3, -0.25) is 4.90 Å². The van der Waals surface area contributed by atoms with E-state index in [1.807, 2.05) is 12.1 Å². The van der Waals surface area contributed by atoms with Crippen molar-refractivity contribution in [2.75, 3.05) is 38.2 Å². The van der Waals surface area contributed by atoms with Gasteiger partial charge in [-0.05, 0) is 50.0 Å². The molecule has 1 aromatic carbocycles. The number of benzene rings is 1. The molecule has 5 nitrogen and oxygen atoms in total. The van der Waals surface area contributed by atoms with Gasteiger partial charge in [0.05, 0.1) is 18.6 Å². The van der Waals surface area contributed by atoms with Crippen LogP contribution in [0.15, 0.2) is 24.3 Å². The number of hydrogen-bond donors (Lipinski definition) is 1. The van der Waals surface area contributed by atoms with Gasteiger partial charge in [-0.25, -0.2) is 8.42 Å². The highest BCUT2D eigenvalue weighted by Gasteiger charge is 2.29. The molecule has 0 radical (unpaired) electrons. The fourth-order valence-corrected chi connectivity index (χ4v) is 5.28. The van der Waals surface area contributed by atoms with Crippen LogP contribution in [0.4, 0.5) is 0 Å². The summed E-state index contributed by atoms with van der Waals surface area (Å²) < 4.78 is 28.5. The maximum absolute atomic E-state index is 11.6. The first-order valence-corrected chi connectivity index (χ1v) is 10.2. The van der Waals surface area contributed by atoms with Gasteiger partial charge in [-0.1, -0.05) is 12.1 Å². The van der Waals surface area contributed by atoms with Gasteiger partial charge in [0, 0.05) is 18.6 Å². The normalized spacial score (nSPS) is 25.5. The topological polar surface area (TPSA) is 58.6 Å². The summed E-state index contributed by atoms with van der Waals surface area (Å²) >= 11 is 0. The molecule has 3 rings (SSSR count). The number of methoxy groups -OCH3 is 1. The number of nitrogens with zero attached hydrogens (tertiary/aromatic N) is 1. The summed E-state index contributed by atoms with van der Waals surface area (Å²) in [5.41, 5.74) is 1.26. The number of rotatable bonds is 6. The Balaban J connectivity index is 1.68. The summed E-state index contributed by atoms with van der Waals surface area (Å²) in [5, 5.41) is 3.49. The molecule has 6 heteroatoms. The monoisotopic (exact) mass is 338 g/mol. The lowest BCUT2D eigenvalue weighted by atomic mass is 10.0. The van der Waals surface area contributed by atoms with Crippen LogP contribution in [0.25, 0.3) is 0 Å². The van der Waals surface area contributed by atoms with Gasteiger partial charge < -0.3 is 10.1 Å². The van der Waals surface area contributed by atoms with Gasteiger partial charge in [-0.2, -0.15) is 0 Å². The Morgan fingerprint density at radius 3 is 2.52 bits per heavy atom. The molecule has 0 amide bonds.